The Bertz CT molecular complexity index is 448. The molecule has 0 aromatic carbocycles. The number of ether oxygens (including phenoxy) is 1. The maximum atomic E-state index is 8.75. The summed E-state index contributed by atoms with van der Waals surface area (Å²) in [5.74, 6) is 0.619. The number of hydrogen-bond acceptors (Lipinski definition) is 4. The average molecular weight is 263 g/mol. The molecule has 19 heavy (non-hydrogen) atoms. The third-order valence-corrected chi connectivity index (χ3v) is 3.73. The maximum Gasteiger partial charge on any atom is 0.189 e. The van der Waals surface area contributed by atoms with Gasteiger partial charge < -0.3 is 15.7 Å². The lowest BCUT2D eigenvalue weighted by Gasteiger charge is -2.28. The van der Waals surface area contributed by atoms with Crippen molar-refractivity contribution in [3.8, 4) is 0 Å². The Hall–Kier alpha value is -1.62. The summed E-state index contributed by atoms with van der Waals surface area (Å²) in [5, 5.41) is 11.8. The molecule has 0 amide bonds. The molecule has 5 heteroatoms. The summed E-state index contributed by atoms with van der Waals surface area (Å²) in [6.45, 7) is 2.69. The van der Waals surface area contributed by atoms with Crippen LogP contribution in [0.5, 0.6) is 0 Å². The molecule has 5 nitrogen and oxygen atoms in total. The maximum absolute atomic E-state index is 8.75. The Balaban J connectivity index is 2.03. The number of hydrogen-bond donors (Lipinski definition) is 2. The summed E-state index contributed by atoms with van der Waals surface area (Å²) in [4.78, 5) is 4.14. The van der Waals surface area contributed by atoms with E-state index in [4.69, 9.17) is 15.7 Å². The van der Waals surface area contributed by atoms with E-state index in [2.05, 4.69) is 17.1 Å². The van der Waals surface area contributed by atoms with Crippen LogP contribution in [0.2, 0.25) is 0 Å². The van der Waals surface area contributed by atoms with E-state index in [1.54, 1.807) is 6.20 Å². The molecule has 1 aromatic heterocycles. The van der Waals surface area contributed by atoms with Gasteiger partial charge in [0.25, 0.3) is 0 Å². The molecule has 2 atom stereocenters. The van der Waals surface area contributed by atoms with Gasteiger partial charge in [-0.15, -0.1) is 0 Å². The molecule has 1 aliphatic rings. The molecular formula is C14H21N3O2. The smallest absolute Gasteiger partial charge is 0.189 e. The molecule has 1 fully saturated rings. The first-order valence-corrected chi connectivity index (χ1v) is 6.75. The zero-order valence-electron chi connectivity index (χ0n) is 11.2. The van der Waals surface area contributed by atoms with Crippen LogP contribution in [0.3, 0.4) is 0 Å². The number of rotatable bonds is 4. The van der Waals surface area contributed by atoms with Crippen molar-refractivity contribution in [1.82, 2.24) is 4.98 Å². The monoisotopic (exact) mass is 263 g/mol. The SMILES string of the molecule is CC1CCCCC1OCc1cccnc1C(N)=NO. The minimum atomic E-state index is 0.0240. The Kier molecular flexibility index (Phi) is 4.74. The summed E-state index contributed by atoms with van der Waals surface area (Å²) in [6.07, 6.45) is 6.79. The van der Waals surface area contributed by atoms with Crippen molar-refractivity contribution < 1.29 is 9.94 Å². The largest absolute Gasteiger partial charge is 0.409 e. The van der Waals surface area contributed by atoms with Gasteiger partial charge in [0.2, 0.25) is 0 Å². The van der Waals surface area contributed by atoms with Gasteiger partial charge in [-0.1, -0.05) is 31.0 Å². The van der Waals surface area contributed by atoms with Crippen molar-refractivity contribution >= 4 is 5.84 Å². The van der Waals surface area contributed by atoms with E-state index >= 15 is 0 Å². The van der Waals surface area contributed by atoms with Crippen LogP contribution in [0.1, 0.15) is 43.9 Å². The van der Waals surface area contributed by atoms with Crippen molar-refractivity contribution in [3.63, 3.8) is 0 Å². The van der Waals surface area contributed by atoms with E-state index in [9.17, 15) is 0 Å². The van der Waals surface area contributed by atoms with E-state index in [1.807, 2.05) is 12.1 Å². The van der Waals surface area contributed by atoms with Crippen LogP contribution in [-0.2, 0) is 11.3 Å². The zero-order valence-corrected chi connectivity index (χ0v) is 11.2. The van der Waals surface area contributed by atoms with E-state index in [1.165, 1.54) is 19.3 Å². The van der Waals surface area contributed by atoms with Crippen LogP contribution in [0.4, 0.5) is 0 Å². The van der Waals surface area contributed by atoms with E-state index in [-0.39, 0.29) is 5.84 Å². The Labute approximate surface area is 113 Å². The summed E-state index contributed by atoms with van der Waals surface area (Å²) < 4.78 is 5.98. The van der Waals surface area contributed by atoms with Gasteiger partial charge in [0.05, 0.1) is 12.7 Å². The second kappa shape index (κ2) is 6.52. The van der Waals surface area contributed by atoms with Gasteiger partial charge >= 0.3 is 0 Å². The van der Waals surface area contributed by atoms with E-state index < -0.39 is 0 Å². The second-order valence-corrected chi connectivity index (χ2v) is 5.11. The summed E-state index contributed by atoms with van der Waals surface area (Å²) in [7, 11) is 0. The molecule has 2 unspecified atom stereocenters. The molecule has 1 aromatic rings. The normalized spacial score (nSPS) is 24.4. The highest BCUT2D eigenvalue weighted by atomic mass is 16.5. The van der Waals surface area contributed by atoms with Crippen LogP contribution in [0.25, 0.3) is 0 Å². The third-order valence-electron chi connectivity index (χ3n) is 3.73. The number of pyridine rings is 1. The van der Waals surface area contributed by atoms with Crippen LogP contribution in [-0.4, -0.2) is 22.1 Å². The second-order valence-electron chi connectivity index (χ2n) is 5.11. The van der Waals surface area contributed by atoms with Crippen molar-refractivity contribution in [3.05, 3.63) is 29.6 Å². The molecule has 0 saturated heterocycles. The van der Waals surface area contributed by atoms with Gasteiger partial charge in [-0.25, -0.2) is 0 Å². The lowest BCUT2D eigenvalue weighted by molar-refractivity contribution is -0.0156. The number of nitrogens with two attached hydrogens (primary N) is 1. The highest BCUT2D eigenvalue weighted by Gasteiger charge is 2.22. The van der Waals surface area contributed by atoms with Crippen LogP contribution in [0.15, 0.2) is 23.5 Å². The standard InChI is InChI=1S/C14H21N3O2/c1-10-5-2-3-7-12(10)19-9-11-6-4-8-16-13(11)14(15)17-18/h4,6,8,10,12,18H,2-3,5,7,9H2,1H3,(H2,15,17). The molecule has 0 bridgehead atoms. The highest BCUT2D eigenvalue weighted by Crippen LogP contribution is 2.27. The minimum Gasteiger partial charge on any atom is -0.409 e. The third kappa shape index (κ3) is 3.44. The lowest BCUT2D eigenvalue weighted by Crippen LogP contribution is -2.26. The average Bonchev–Trinajstić information content (AvgIpc) is 2.46. The molecule has 0 aliphatic heterocycles. The summed E-state index contributed by atoms with van der Waals surface area (Å²) in [6, 6.07) is 3.73. The fourth-order valence-electron chi connectivity index (χ4n) is 2.56. The highest BCUT2D eigenvalue weighted by molar-refractivity contribution is 5.96. The fraction of sp³-hybridized carbons (Fsp3) is 0.571. The first-order chi connectivity index (χ1) is 9.22. The Morgan fingerprint density at radius 2 is 2.32 bits per heavy atom. The molecule has 0 radical (unpaired) electrons. The van der Waals surface area contributed by atoms with Gasteiger partial charge in [0.1, 0.15) is 5.69 Å². The first-order valence-electron chi connectivity index (χ1n) is 6.75. The number of nitrogens with zero attached hydrogens (tertiary/aromatic N) is 2. The predicted octanol–water partition coefficient (Wildman–Crippen LogP) is 2.27. The quantitative estimate of drug-likeness (QED) is 0.378. The number of aromatic nitrogens is 1. The van der Waals surface area contributed by atoms with Crippen LogP contribution < -0.4 is 5.73 Å². The Morgan fingerprint density at radius 3 is 3.05 bits per heavy atom. The van der Waals surface area contributed by atoms with Crippen molar-refractivity contribution in [1.29, 1.82) is 0 Å². The van der Waals surface area contributed by atoms with Gasteiger partial charge in [0, 0.05) is 11.8 Å². The lowest BCUT2D eigenvalue weighted by atomic mass is 9.88. The molecular weight excluding hydrogens is 242 g/mol. The van der Waals surface area contributed by atoms with Crippen molar-refractivity contribution in [2.45, 2.75) is 45.3 Å². The number of oxime groups is 1. The molecule has 3 N–H and O–H groups in total. The van der Waals surface area contributed by atoms with Crippen LogP contribution >= 0.6 is 0 Å². The molecule has 1 heterocycles. The Morgan fingerprint density at radius 1 is 1.53 bits per heavy atom. The van der Waals surface area contributed by atoms with E-state index in [0.717, 1.165) is 12.0 Å². The molecule has 1 aliphatic carbocycles. The topological polar surface area (TPSA) is 80.7 Å². The fourth-order valence-corrected chi connectivity index (χ4v) is 2.56. The molecule has 104 valence electrons. The van der Waals surface area contributed by atoms with Crippen molar-refractivity contribution in [2.75, 3.05) is 0 Å². The van der Waals surface area contributed by atoms with Crippen molar-refractivity contribution in [2.24, 2.45) is 16.8 Å². The van der Waals surface area contributed by atoms with Crippen LogP contribution in [0, 0.1) is 5.92 Å². The van der Waals surface area contributed by atoms with Gasteiger partial charge in [-0.05, 0) is 24.8 Å². The van der Waals surface area contributed by atoms with Gasteiger partial charge in [-0.2, -0.15) is 0 Å². The summed E-state index contributed by atoms with van der Waals surface area (Å²) >= 11 is 0. The number of amidine groups is 1. The minimum absolute atomic E-state index is 0.0240. The zero-order chi connectivity index (χ0) is 13.7. The molecule has 2 rings (SSSR count). The predicted molar refractivity (Wildman–Crippen MR) is 73.0 cm³/mol. The first kappa shape index (κ1) is 13.8. The van der Waals surface area contributed by atoms with E-state index in [0.29, 0.717) is 24.3 Å². The summed E-state index contributed by atoms with van der Waals surface area (Å²) in [5.41, 5.74) is 6.96. The van der Waals surface area contributed by atoms with Gasteiger partial charge in [0.15, 0.2) is 5.84 Å². The molecule has 1 saturated carbocycles. The molecule has 0 spiro atoms. The van der Waals surface area contributed by atoms with Gasteiger partial charge in [-0.3, -0.25) is 4.98 Å².